The van der Waals surface area contributed by atoms with E-state index in [1.165, 1.54) is 0 Å². The van der Waals surface area contributed by atoms with Crippen LogP contribution in [0.4, 0.5) is 11.6 Å². The maximum Gasteiger partial charge on any atom is 0.336 e. The Kier molecular flexibility index (Phi) is 3.23. The molecule has 0 aliphatic heterocycles. The molecule has 21 heavy (non-hydrogen) atoms. The molecule has 0 aliphatic rings. The molecular formula is C16H13N3O2. The summed E-state index contributed by atoms with van der Waals surface area (Å²) in [6.07, 6.45) is 1.73. The predicted octanol–water partition coefficient (Wildman–Crippen LogP) is 3.38. The molecular weight excluding hydrogens is 266 g/mol. The number of carboxylic acids is 1. The molecule has 0 atom stereocenters. The number of aromatic nitrogens is 2. The predicted molar refractivity (Wildman–Crippen MR) is 81.0 cm³/mol. The van der Waals surface area contributed by atoms with Crippen LogP contribution in [0.5, 0.6) is 0 Å². The highest BCUT2D eigenvalue weighted by atomic mass is 16.4. The number of nitrogens with one attached hydrogen (secondary N) is 1. The Labute approximate surface area is 121 Å². The average Bonchev–Trinajstić information content (AvgIpc) is 2.49. The van der Waals surface area contributed by atoms with Gasteiger partial charge in [-0.3, -0.25) is 0 Å². The minimum Gasteiger partial charge on any atom is -0.478 e. The molecule has 0 unspecified atom stereocenters. The van der Waals surface area contributed by atoms with Gasteiger partial charge in [-0.2, -0.15) is 0 Å². The third kappa shape index (κ3) is 2.67. The summed E-state index contributed by atoms with van der Waals surface area (Å²) in [5.41, 5.74) is 2.46. The first-order valence-electron chi connectivity index (χ1n) is 6.46. The quantitative estimate of drug-likeness (QED) is 0.768. The minimum absolute atomic E-state index is 0.265. The van der Waals surface area contributed by atoms with Crippen LogP contribution in [0.2, 0.25) is 0 Å². The van der Waals surface area contributed by atoms with E-state index in [0.29, 0.717) is 17.2 Å². The van der Waals surface area contributed by atoms with Crippen molar-refractivity contribution in [3.8, 4) is 0 Å². The first kappa shape index (κ1) is 13.1. The van der Waals surface area contributed by atoms with Crippen molar-refractivity contribution in [2.24, 2.45) is 0 Å². The van der Waals surface area contributed by atoms with Crippen molar-refractivity contribution in [1.82, 2.24) is 9.97 Å². The van der Waals surface area contributed by atoms with Gasteiger partial charge < -0.3 is 10.4 Å². The van der Waals surface area contributed by atoms with E-state index >= 15 is 0 Å². The fourth-order valence-electron chi connectivity index (χ4n) is 2.09. The van der Waals surface area contributed by atoms with Crippen molar-refractivity contribution in [2.45, 2.75) is 6.92 Å². The second-order valence-electron chi connectivity index (χ2n) is 4.71. The van der Waals surface area contributed by atoms with Gasteiger partial charge in [-0.15, -0.1) is 0 Å². The Bertz CT molecular complexity index is 831. The van der Waals surface area contributed by atoms with E-state index in [4.69, 9.17) is 5.11 Å². The van der Waals surface area contributed by atoms with Crippen LogP contribution >= 0.6 is 0 Å². The van der Waals surface area contributed by atoms with Crippen molar-refractivity contribution in [2.75, 3.05) is 5.32 Å². The number of hydrogen-bond donors (Lipinski definition) is 2. The SMILES string of the molecule is Cc1ccc(Nc2ncc3ccccc3n2)cc1C(=O)O. The van der Waals surface area contributed by atoms with Gasteiger partial charge in [0.05, 0.1) is 11.1 Å². The summed E-state index contributed by atoms with van der Waals surface area (Å²) in [7, 11) is 0. The Hall–Kier alpha value is -2.95. The molecule has 0 aliphatic carbocycles. The second kappa shape index (κ2) is 5.20. The number of nitrogens with zero attached hydrogens (tertiary/aromatic N) is 2. The van der Waals surface area contributed by atoms with Crippen LogP contribution in [0.3, 0.4) is 0 Å². The zero-order chi connectivity index (χ0) is 14.8. The van der Waals surface area contributed by atoms with Crippen LogP contribution in [0.1, 0.15) is 15.9 Å². The summed E-state index contributed by atoms with van der Waals surface area (Å²) in [5, 5.41) is 13.1. The van der Waals surface area contributed by atoms with Gasteiger partial charge in [-0.25, -0.2) is 14.8 Å². The molecule has 0 fully saturated rings. The number of hydrogen-bond acceptors (Lipinski definition) is 4. The first-order chi connectivity index (χ1) is 10.1. The lowest BCUT2D eigenvalue weighted by Crippen LogP contribution is -2.02. The van der Waals surface area contributed by atoms with Gasteiger partial charge in [-0.1, -0.05) is 24.3 Å². The molecule has 5 heteroatoms. The molecule has 0 radical (unpaired) electrons. The number of aromatic carboxylic acids is 1. The van der Waals surface area contributed by atoms with Crippen molar-refractivity contribution < 1.29 is 9.90 Å². The number of benzene rings is 2. The van der Waals surface area contributed by atoms with Crippen LogP contribution in [-0.4, -0.2) is 21.0 Å². The van der Waals surface area contributed by atoms with Crippen molar-refractivity contribution in [1.29, 1.82) is 0 Å². The van der Waals surface area contributed by atoms with Crippen LogP contribution in [0.15, 0.2) is 48.7 Å². The molecule has 0 saturated heterocycles. The maximum absolute atomic E-state index is 11.1. The van der Waals surface area contributed by atoms with Crippen LogP contribution in [0.25, 0.3) is 10.9 Å². The third-order valence-electron chi connectivity index (χ3n) is 3.21. The number of aryl methyl sites for hydroxylation is 1. The summed E-state index contributed by atoms with van der Waals surface area (Å²) in [4.78, 5) is 19.8. The van der Waals surface area contributed by atoms with Gasteiger partial charge in [-0.05, 0) is 30.7 Å². The van der Waals surface area contributed by atoms with Crippen molar-refractivity contribution in [3.05, 3.63) is 59.8 Å². The number of para-hydroxylation sites is 1. The molecule has 104 valence electrons. The first-order valence-corrected chi connectivity index (χ1v) is 6.46. The van der Waals surface area contributed by atoms with Gasteiger partial charge in [0, 0.05) is 17.3 Å². The van der Waals surface area contributed by atoms with Gasteiger partial charge >= 0.3 is 5.97 Å². The lowest BCUT2D eigenvalue weighted by molar-refractivity contribution is 0.0696. The molecule has 3 rings (SSSR count). The fourth-order valence-corrected chi connectivity index (χ4v) is 2.09. The number of fused-ring (bicyclic) bond motifs is 1. The molecule has 2 N–H and O–H groups in total. The molecule has 2 aromatic carbocycles. The summed E-state index contributed by atoms with van der Waals surface area (Å²) < 4.78 is 0. The van der Waals surface area contributed by atoms with Crippen LogP contribution < -0.4 is 5.32 Å². The number of rotatable bonds is 3. The van der Waals surface area contributed by atoms with Crippen molar-refractivity contribution in [3.63, 3.8) is 0 Å². The smallest absolute Gasteiger partial charge is 0.336 e. The van der Waals surface area contributed by atoms with Gasteiger partial charge in [0.2, 0.25) is 5.95 Å². The molecule has 5 nitrogen and oxygen atoms in total. The highest BCUT2D eigenvalue weighted by Gasteiger charge is 2.08. The van der Waals surface area contributed by atoms with E-state index < -0.39 is 5.97 Å². The van der Waals surface area contributed by atoms with E-state index in [9.17, 15) is 4.79 Å². The fraction of sp³-hybridized carbons (Fsp3) is 0.0625. The highest BCUT2D eigenvalue weighted by Crippen LogP contribution is 2.19. The summed E-state index contributed by atoms with van der Waals surface area (Å²) in [6, 6.07) is 12.8. The second-order valence-corrected chi connectivity index (χ2v) is 4.71. The zero-order valence-corrected chi connectivity index (χ0v) is 11.4. The summed E-state index contributed by atoms with van der Waals surface area (Å²) in [6.45, 7) is 1.76. The molecule has 1 heterocycles. The van der Waals surface area contributed by atoms with E-state index in [2.05, 4.69) is 15.3 Å². The van der Waals surface area contributed by atoms with E-state index in [0.717, 1.165) is 10.9 Å². The molecule has 1 aromatic heterocycles. The monoisotopic (exact) mass is 279 g/mol. The topological polar surface area (TPSA) is 75.1 Å². The largest absolute Gasteiger partial charge is 0.478 e. The Morgan fingerprint density at radius 1 is 1.19 bits per heavy atom. The Morgan fingerprint density at radius 3 is 2.81 bits per heavy atom. The Morgan fingerprint density at radius 2 is 2.00 bits per heavy atom. The maximum atomic E-state index is 11.1. The van der Waals surface area contributed by atoms with Crippen LogP contribution in [-0.2, 0) is 0 Å². The summed E-state index contributed by atoms with van der Waals surface area (Å²) >= 11 is 0. The Balaban J connectivity index is 1.94. The number of carboxylic acid groups (broad SMARTS) is 1. The molecule has 0 bridgehead atoms. The van der Waals surface area contributed by atoms with Crippen LogP contribution in [0, 0.1) is 6.92 Å². The summed E-state index contributed by atoms with van der Waals surface area (Å²) in [5.74, 6) is -0.510. The molecule has 0 amide bonds. The van der Waals surface area contributed by atoms with Gasteiger partial charge in [0.25, 0.3) is 0 Å². The normalized spacial score (nSPS) is 10.5. The zero-order valence-electron chi connectivity index (χ0n) is 11.4. The van der Waals surface area contributed by atoms with E-state index in [1.54, 1.807) is 31.3 Å². The van der Waals surface area contributed by atoms with Gasteiger partial charge in [0.15, 0.2) is 0 Å². The molecule has 0 saturated carbocycles. The number of carbonyl (C=O) groups is 1. The lowest BCUT2D eigenvalue weighted by Gasteiger charge is -2.08. The van der Waals surface area contributed by atoms with E-state index in [-0.39, 0.29) is 5.56 Å². The standard InChI is InChI=1S/C16H13N3O2/c1-10-6-7-12(8-13(10)15(20)21)18-16-17-9-11-4-2-3-5-14(11)19-16/h2-9H,1H3,(H,20,21)(H,17,18,19). The minimum atomic E-state index is -0.949. The third-order valence-corrected chi connectivity index (χ3v) is 3.21. The van der Waals surface area contributed by atoms with E-state index in [1.807, 2.05) is 24.3 Å². The molecule has 0 spiro atoms. The average molecular weight is 279 g/mol. The number of anilines is 2. The van der Waals surface area contributed by atoms with Gasteiger partial charge in [0.1, 0.15) is 0 Å². The molecule has 3 aromatic rings. The van der Waals surface area contributed by atoms with Crippen molar-refractivity contribution >= 4 is 28.5 Å². The highest BCUT2D eigenvalue weighted by molar-refractivity contribution is 5.90. The lowest BCUT2D eigenvalue weighted by atomic mass is 10.1.